The molecular formula is C11H12F2O. The van der Waals surface area contributed by atoms with Gasteiger partial charge in [-0.15, -0.1) is 0 Å². The van der Waals surface area contributed by atoms with E-state index in [-0.39, 0.29) is 17.8 Å². The molecule has 76 valence electrons. The minimum absolute atomic E-state index is 0.140. The summed E-state index contributed by atoms with van der Waals surface area (Å²) in [4.78, 5) is 11.4. The second kappa shape index (κ2) is 4.84. The predicted molar refractivity (Wildman–Crippen MR) is 50.2 cm³/mol. The number of carbonyl (C=O) groups excluding carboxylic acids is 1. The number of benzene rings is 1. The Labute approximate surface area is 81.7 Å². The van der Waals surface area contributed by atoms with Gasteiger partial charge in [0.2, 0.25) is 0 Å². The van der Waals surface area contributed by atoms with Gasteiger partial charge in [-0.25, -0.2) is 8.78 Å². The molecule has 1 rings (SSSR count). The maximum absolute atomic E-state index is 13.1. The van der Waals surface area contributed by atoms with E-state index in [9.17, 15) is 13.6 Å². The molecule has 0 aromatic heterocycles. The third kappa shape index (κ3) is 2.37. The van der Waals surface area contributed by atoms with E-state index in [0.29, 0.717) is 6.42 Å². The number of hydrogen-bond donors (Lipinski definition) is 0. The molecule has 0 aliphatic rings. The molecule has 0 atom stereocenters. The molecule has 0 heterocycles. The van der Waals surface area contributed by atoms with E-state index in [1.807, 2.05) is 6.92 Å². The third-order valence-corrected chi connectivity index (χ3v) is 2.01. The number of hydrogen-bond acceptors (Lipinski definition) is 1. The van der Waals surface area contributed by atoms with E-state index >= 15 is 0 Å². The van der Waals surface area contributed by atoms with Crippen molar-refractivity contribution in [2.45, 2.75) is 26.2 Å². The molecule has 0 saturated carbocycles. The molecule has 0 saturated heterocycles. The second-order valence-corrected chi connectivity index (χ2v) is 3.13. The van der Waals surface area contributed by atoms with Crippen molar-refractivity contribution >= 4 is 5.78 Å². The van der Waals surface area contributed by atoms with Crippen LogP contribution >= 0.6 is 0 Å². The minimum atomic E-state index is -1.03. The predicted octanol–water partition coefficient (Wildman–Crippen LogP) is 3.34. The molecule has 3 heteroatoms. The zero-order chi connectivity index (χ0) is 10.6. The molecule has 14 heavy (non-hydrogen) atoms. The summed E-state index contributed by atoms with van der Waals surface area (Å²) >= 11 is 0. The van der Waals surface area contributed by atoms with Gasteiger partial charge in [0.15, 0.2) is 17.4 Å². The number of unbranched alkanes of at least 4 members (excludes halogenated alkanes) is 1. The first kappa shape index (κ1) is 10.8. The van der Waals surface area contributed by atoms with Crippen molar-refractivity contribution in [2.75, 3.05) is 0 Å². The number of Topliss-reactive ketones (excluding diaryl/α,β-unsaturated/α-hetero) is 1. The van der Waals surface area contributed by atoms with Gasteiger partial charge in [0.25, 0.3) is 0 Å². The quantitative estimate of drug-likeness (QED) is 0.678. The van der Waals surface area contributed by atoms with Gasteiger partial charge >= 0.3 is 0 Å². The highest BCUT2D eigenvalue weighted by Crippen LogP contribution is 2.14. The summed E-state index contributed by atoms with van der Waals surface area (Å²) in [6, 6.07) is 3.67. The summed E-state index contributed by atoms with van der Waals surface area (Å²) in [5, 5.41) is 0. The van der Waals surface area contributed by atoms with E-state index in [0.717, 1.165) is 12.5 Å². The lowest BCUT2D eigenvalue weighted by molar-refractivity contribution is 0.0975. The fourth-order valence-electron chi connectivity index (χ4n) is 1.19. The van der Waals surface area contributed by atoms with Gasteiger partial charge in [-0.2, -0.15) is 0 Å². The molecular weight excluding hydrogens is 186 g/mol. The Morgan fingerprint density at radius 1 is 1.36 bits per heavy atom. The lowest BCUT2D eigenvalue weighted by Crippen LogP contribution is -2.03. The number of rotatable bonds is 4. The largest absolute Gasteiger partial charge is 0.294 e. The van der Waals surface area contributed by atoms with Gasteiger partial charge in [0.05, 0.1) is 5.56 Å². The molecule has 1 aromatic carbocycles. The maximum atomic E-state index is 13.1. The summed E-state index contributed by atoms with van der Waals surface area (Å²) in [5.41, 5.74) is -0.140. The lowest BCUT2D eigenvalue weighted by Gasteiger charge is -2.01. The van der Waals surface area contributed by atoms with E-state index in [1.54, 1.807) is 0 Å². The van der Waals surface area contributed by atoms with Crippen molar-refractivity contribution in [3.63, 3.8) is 0 Å². The molecule has 0 aliphatic heterocycles. The van der Waals surface area contributed by atoms with Gasteiger partial charge in [-0.05, 0) is 18.6 Å². The Hall–Kier alpha value is -1.25. The molecule has 0 bridgehead atoms. The van der Waals surface area contributed by atoms with Crippen LogP contribution in [0.4, 0.5) is 8.78 Å². The van der Waals surface area contributed by atoms with Gasteiger partial charge in [0.1, 0.15) is 0 Å². The topological polar surface area (TPSA) is 17.1 Å². The smallest absolute Gasteiger partial charge is 0.169 e. The van der Waals surface area contributed by atoms with E-state index < -0.39 is 11.6 Å². The van der Waals surface area contributed by atoms with Gasteiger partial charge < -0.3 is 0 Å². The first-order chi connectivity index (χ1) is 6.66. The van der Waals surface area contributed by atoms with Crippen LogP contribution in [-0.2, 0) is 0 Å². The van der Waals surface area contributed by atoms with Crippen LogP contribution in [0.25, 0.3) is 0 Å². The van der Waals surface area contributed by atoms with Crippen LogP contribution in [-0.4, -0.2) is 5.78 Å². The van der Waals surface area contributed by atoms with Gasteiger partial charge in [0, 0.05) is 6.42 Å². The van der Waals surface area contributed by atoms with Crippen LogP contribution < -0.4 is 0 Å². The van der Waals surface area contributed by atoms with Crippen molar-refractivity contribution in [3.05, 3.63) is 35.4 Å². The van der Waals surface area contributed by atoms with E-state index in [1.165, 1.54) is 12.1 Å². The third-order valence-electron chi connectivity index (χ3n) is 2.01. The van der Waals surface area contributed by atoms with Crippen LogP contribution in [0.3, 0.4) is 0 Å². The average Bonchev–Trinajstić information content (AvgIpc) is 2.18. The molecule has 1 nitrogen and oxygen atoms in total. The van der Waals surface area contributed by atoms with E-state index in [4.69, 9.17) is 0 Å². The van der Waals surface area contributed by atoms with Crippen molar-refractivity contribution in [2.24, 2.45) is 0 Å². The number of ketones is 1. The normalized spacial score (nSPS) is 10.2. The van der Waals surface area contributed by atoms with Crippen LogP contribution in [0.5, 0.6) is 0 Å². The van der Waals surface area contributed by atoms with Crippen LogP contribution in [0.1, 0.15) is 36.5 Å². The Kier molecular flexibility index (Phi) is 3.74. The minimum Gasteiger partial charge on any atom is -0.294 e. The Bertz CT molecular complexity index is 334. The Morgan fingerprint density at radius 2 is 2.07 bits per heavy atom. The first-order valence-electron chi connectivity index (χ1n) is 4.64. The molecule has 0 amide bonds. The summed E-state index contributed by atoms with van der Waals surface area (Å²) in [7, 11) is 0. The zero-order valence-corrected chi connectivity index (χ0v) is 8.02. The molecule has 1 aromatic rings. The van der Waals surface area contributed by atoms with Crippen LogP contribution in [0, 0.1) is 11.6 Å². The summed E-state index contributed by atoms with van der Waals surface area (Å²) in [6.07, 6.45) is 1.84. The number of halogens is 2. The van der Waals surface area contributed by atoms with Crippen molar-refractivity contribution < 1.29 is 13.6 Å². The summed E-state index contributed by atoms with van der Waals surface area (Å²) in [6.45, 7) is 1.94. The van der Waals surface area contributed by atoms with Gasteiger partial charge in [-0.3, -0.25) is 4.79 Å². The van der Waals surface area contributed by atoms with Crippen LogP contribution in [0.15, 0.2) is 18.2 Å². The SMILES string of the molecule is CCCCC(=O)c1cccc(F)c1F. The first-order valence-corrected chi connectivity index (χ1v) is 4.64. The highest BCUT2D eigenvalue weighted by Gasteiger charge is 2.13. The Morgan fingerprint density at radius 3 is 2.71 bits per heavy atom. The molecule has 0 aliphatic carbocycles. The fourth-order valence-corrected chi connectivity index (χ4v) is 1.19. The molecule has 0 unspecified atom stereocenters. The van der Waals surface area contributed by atoms with Crippen molar-refractivity contribution in [1.29, 1.82) is 0 Å². The highest BCUT2D eigenvalue weighted by atomic mass is 19.2. The van der Waals surface area contributed by atoms with Crippen molar-refractivity contribution in [1.82, 2.24) is 0 Å². The summed E-state index contributed by atoms with van der Waals surface area (Å²) < 4.78 is 25.8. The molecule has 0 radical (unpaired) electrons. The highest BCUT2D eigenvalue weighted by molar-refractivity contribution is 5.96. The molecule has 0 N–H and O–H groups in total. The monoisotopic (exact) mass is 198 g/mol. The molecule has 0 fully saturated rings. The average molecular weight is 198 g/mol. The Balaban J connectivity index is 2.84. The van der Waals surface area contributed by atoms with Crippen molar-refractivity contribution in [3.8, 4) is 0 Å². The summed E-state index contributed by atoms with van der Waals surface area (Å²) in [5.74, 6) is -2.33. The van der Waals surface area contributed by atoms with E-state index in [2.05, 4.69) is 0 Å². The second-order valence-electron chi connectivity index (χ2n) is 3.13. The zero-order valence-electron chi connectivity index (χ0n) is 8.02. The fraction of sp³-hybridized carbons (Fsp3) is 0.364. The van der Waals surface area contributed by atoms with Gasteiger partial charge in [-0.1, -0.05) is 19.4 Å². The van der Waals surface area contributed by atoms with Crippen LogP contribution in [0.2, 0.25) is 0 Å². The molecule has 0 spiro atoms. The lowest BCUT2D eigenvalue weighted by atomic mass is 10.1. The maximum Gasteiger partial charge on any atom is 0.169 e. The standard InChI is InChI=1S/C11H12F2O/c1-2-3-7-10(14)8-5-4-6-9(12)11(8)13/h4-6H,2-3,7H2,1H3. The number of carbonyl (C=O) groups is 1.